The fourth-order valence-corrected chi connectivity index (χ4v) is 8.79. The lowest BCUT2D eigenvalue weighted by molar-refractivity contribution is -0.0737. The summed E-state index contributed by atoms with van der Waals surface area (Å²) in [6.45, 7) is 1.52. The van der Waals surface area contributed by atoms with Crippen molar-refractivity contribution >= 4 is 23.5 Å². The highest BCUT2D eigenvalue weighted by Crippen LogP contribution is 2.60. The van der Waals surface area contributed by atoms with Crippen LogP contribution in [-0.2, 0) is 6.54 Å². The number of nitrogens with zero attached hydrogens (tertiary/aromatic N) is 3. The van der Waals surface area contributed by atoms with Gasteiger partial charge in [-0.15, -0.1) is 11.8 Å². The summed E-state index contributed by atoms with van der Waals surface area (Å²) in [4.78, 5) is 10.4. The van der Waals surface area contributed by atoms with Gasteiger partial charge in [-0.05, 0) is 98.8 Å². The summed E-state index contributed by atoms with van der Waals surface area (Å²) in [5, 5.41) is 30.7. The van der Waals surface area contributed by atoms with Crippen LogP contribution in [-0.4, -0.2) is 46.1 Å². The molecule has 5 fully saturated rings. The lowest BCUT2D eigenvalue weighted by Gasteiger charge is -2.61. The number of rotatable bonds is 9. The van der Waals surface area contributed by atoms with Gasteiger partial charge >= 0.3 is 0 Å². The lowest BCUT2D eigenvalue weighted by Crippen LogP contribution is -2.61. The van der Waals surface area contributed by atoms with Crippen LogP contribution in [0.1, 0.15) is 68.9 Å². The van der Waals surface area contributed by atoms with E-state index in [1.54, 1.807) is 18.0 Å². The number of nitriles is 1. The third kappa shape index (κ3) is 5.38. The number of thioether (sulfide) groups is 1. The molecule has 8 heteroatoms. The third-order valence-corrected chi connectivity index (χ3v) is 10.5. The van der Waals surface area contributed by atoms with Crippen LogP contribution in [0, 0.1) is 34.5 Å². The monoisotopic (exact) mass is 532 g/mol. The molecular weight excluding hydrogens is 492 g/mol. The van der Waals surface area contributed by atoms with Crippen molar-refractivity contribution in [1.82, 2.24) is 15.3 Å². The predicted octanol–water partition coefficient (Wildman–Crippen LogP) is 5.18. The summed E-state index contributed by atoms with van der Waals surface area (Å²) in [5.74, 6) is 3.51. The summed E-state index contributed by atoms with van der Waals surface area (Å²) < 4.78 is 0. The molecule has 5 aliphatic carbocycles. The van der Waals surface area contributed by atoms with Gasteiger partial charge in [0.1, 0.15) is 17.5 Å². The second kappa shape index (κ2) is 11.0. The Morgan fingerprint density at radius 1 is 1.08 bits per heavy atom. The molecule has 1 aromatic carbocycles. The summed E-state index contributed by atoms with van der Waals surface area (Å²) in [5.41, 5.74) is 2.01. The van der Waals surface area contributed by atoms with Gasteiger partial charge in [-0.3, -0.25) is 0 Å². The third-order valence-electron chi connectivity index (χ3n) is 9.69. The SMILES string of the molecule is CSc1ccccc1CNc1ncc(C#N)c(NC[C@@]23CC4C[C@H](C2)[C@@H](N[C@H]2CC[C@H](O)CC2)[C@@H](C4)C3)n1. The molecule has 5 aliphatic rings. The van der Waals surface area contributed by atoms with E-state index in [1.165, 1.54) is 42.6 Å². The maximum Gasteiger partial charge on any atom is 0.224 e. The van der Waals surface area contributed by atoms with Gasteiger partial charge in [-0.1, -0.05) is 18.2 Å². The van der Waals surface area contributed by atoms with E-state index in [-0.39, 0.29) is 6.10 Å². The number of hydrogen-bond acceptors (Lipinski definition) is 8. The smallest absolute Gasteiger partial charge is 0.224 e. The van der Waals surface area contributed by atoms with Gasteiger partial charge in [0.15, 0.2) is 0 Å². The van der Waals surface area contributed by atoms with Crippen molar-refractivity contribution in [2.75, 3.05) is 23.4 Å². The highest BCUT2D eigenvalue weighted by atomic mass is 32.2. The maximum absolute atomic E-state index is 9.91. The molecular formula is C30H40N6OS. The molecule has 4 bridgehead atoms. The minimum Gasteiger partial charge on any atom is -0.393 e. The Hall–Kier alpha value is -2.34. The number of benzene rings is 1. The highest BCUT2D eigenvalue weighted by molar-refractivity contribution is 7.98. The maximum atomic E-state index is 9.91. The Kier molecular flexibility index (Phi) is 7.52. The van der Waals surface area contributed by atoms with E-state index in [0.29, 0.717) is 41.4 Å². The molecule has 0 amide bonds. The van der Waals surface area contributed by atoms with Crippen LogP contribution >= 0.6 is 11.8 Å². The molecule has 202 valence electrons. The average Bonchev–Trinajstić information content (AvgIpc) is 2.93. The number of nitrogens with one attached hydrogen (secondary N) is 3. The summed E-state index contributed by atoms with van der Waals surface area (Å²) in [6, 6.07) is 11.8. The number of hydrogen-bond donors (Lipinski definition) is 4. The quantitative estimate of drug-likeness (QED) is 0.327. The minimum absolute atomic E-state index is 0.0946. The molecule has 0 saturated heterocycles. The van der Waals surface area contributed by atoms with E-state index in [4.69, 9.17) is 4.98 Å². The van der Waals surface area contributed by atoms with E-state index in [0.717, 1.165) is 50.0 Å². The molecule has 1 unspecified atom stereocenters. The topological polar surface area (TPSA) is 106 Å². The first-order chi connectivity index (χ1) is 18.5. The summed E-state index contributed by atoms with van der Waals surface area (Å²) in [6.07, 6.45) is 14.2. The van der Waals surface area contributed by atoms with E-state index in [2.05, 4.69) is 57.5 Å². The minimum atomic E-state index is -0.0946. The highest BCUT2D eigenvalue weighted by Gasteiger charge is 2.55. The van der Waals surface area contributed by atoms with Crippen molar-refractivity contribution in [3.63, 3.8) is 0 Å². The Labute approximate surface area is 230 Å². The number of aliphatic hydroxyl groups excluding tert-OH is 1. The van der Waals surface area contributed by atoms with Gasteiger partial charge in [-0.25, -0.2) is 4.98 Å². The first-order valence-corrected chi connectivity index (χ1v) is 15.6. The molecule has 1 aromatic heterocycles. The molecule has 0 radical (unpaired) electrons. The number of aromatic nitrogens is 2. The van der Waals surface area contributed by atoms with Crippen LogP contribution < -0.4 is 16.0 Å². The largest absolute Gasteiger partial charge is 0.393 e. The lowest BCUT2D eigenvalue weighted by atomic mass is 9.47. The predicted molar refractivity (Wildman–Crippen MR) is 152 cm³/mol. The van der Waals surface area contributed by atoms with E-state index >= 15 is 0 Å². The Morgan fingerprint density at radius 2 is 1.84 bits per heavy atom. The molecule has 7 rings (SSSR count). The van der Waals surface area contributed by atoms with Crippen LogP contribution in [0.25, 0.3) is 0 Å². The second-order valence-electron chi connectivity index (χ2n) is 12.3. The van der Waals surface area contributed by atoms with E-state index in [1.807, 2.05) is 0 Å². The molecule has 4 N–H and O–H groups in total. The Balaban J connectivity index is 1.10. The van der Waals surface area contributed by atoms with Crippen LogP contribution in [0.5, 0.6) is 0 Å². The fourth-order valence-electron chi connectivity index (χ4n) is 8.17. The van der Waals surface area contributed by atoms with Crippen molar-refractivity contribution in [3.05, 3.63) is 41.6 Å². The second-order valence-corrected chi connectivity index (χ2v) is 13.1. The average molecular weight is 533 g/mol. The van der Waals surface area contributed by atoms with Crippen LogP contribution in [0.4, 0.5) is 11.8 Å². The molecule has 7 nitrogen and oxygen atoms in total. The first kappa shape index (κ1) is 25.9. The number of anilines is 2. The summed E-state index contributed by atoms with van der Waals surface area (Å²) in [7, 11) is 0. The van der Waals surface area contributed by atoms with Crippen LogP contribution in [0.15, 0.2) is 35.4 Å². The summed E-state index contributed by atoms with van der Waals surface area (Å²) >= 11 is 1.73. The van der Waals surface area contributed by atoms with Gasteiger partial charge in [0.05, 0.1) is 12.3 Å². The van der Waals surface area contributed by atoms with Crippen molar-refractivity contribution in [2.45, 2.75) is 87.4 Å². The Morgan fingerprint density at radius 3 is 2.58 bits per heavy atom. The normalized spacial score (nSPS) is 33.6. The van der Waals surface area contributed by atoms with Gasteiger partial charge in [0, 0.05) is 30.1 Å². The van der Waals surface area contributed by atoms with E-state index in [9.17, 15) is 10.4 Å². The molecule has 2 aromatic rings. The van der Waals surface area contributed by atoms with Crippen LogP contribution in [0.3, 0.4) is 0 Å². The van der Waals surface area contributed by atoms with Crippen molar-refractivity contribution < 1.29 is 5.11 Å². The van der Waals surface area contributed by atoms with Gasteiger partial charge in [0.2, 0.25) is 5.95 Å². The number of aliphatic hydroxyl groups is 1. The van der Waals surface area contributed by atoms with Crippen molar-refractivity contribution in [3.8, 4) is 6.07 Å². The van der Waals surface area contributed by atoms with Gasteiger partial charge in [-0.2, -0.15) is 10.2 Å². The Bertz CT molecular complexity index is 1160. The van der Waals surface area contributed by atoms with Gasteiger partial charge < -0.3 is 21.1 Å². The molecule has 0 aliphatic heterocycles. The zero-order valence-electron chi connectivity index (χ0n) is 22.3. The standard InChI is InChI=1S/C30H40N6OS/c1-38-26-5-3-2-4-20(26)16-32-29-33-17-23(15-31)28(36-29)34-18-30-12-19-10-21(13-30)27(22(11-19)14-30)35-24-6-8-25(37)9-7-24/h2-5,17,19,21-22,24-25,27,35,37H,6-14,16,18H2,1H3,(H2,32,33,34,36)/t19?,21-,22+,24-,25-,27-,30+. The van der Waals surface area contributed by atoms with Crippen molar-refractivity contribution in [1.29, 1.82) is 5.26 Å². The van der Waals surface area contributed by atoms with Crippen LogP contribution in [0.2, 0.25) is 0 Å². The van der Waals surface area contributed by atoms with Crippen molar-refractivity contribution in [2.24, 2.45) is 23.2 Å². The van der Waals surface area contributed by atoms with Gasteiger partial charge in [0.25, 0.3) is 0 Å². The molecule has 5 saturated carbocycles. The first-order valence-electron chi connectivity index (χ1n) is 14.3. The molecule has 5 atom stereocenters. The molecule has 1 heterocycles. The van der Waals surface area contributed by atoms with E-state index < -0.39 is 0 Å². The molecule has 38 heavy (non-hydrogen) atoms. The zero-order chi connectivity index (χ0) is 26.1. The fraction of sp³-hybridized carbons (Fsp3) is 0.633. The molecule has 0 spiro atoms. The zero-order valence-corrected chi connectivity index (χ0v) is 23.1.